The molecule has 216 valence electrons. The summed E-state index contributed by atoms with van der Waals surface area (Å²) >= 11 is 12.4. The van der Waals surface area contributed by atoms with Gasteiger partial charge < -0.3 is 15.8 Å². The van der Waals surface area contributed by atoms with Gasteiger partial charge in [0.1, 0.15) is 12.1 Å². The summed E-state index contributed by atoms with van der Waals surface area (Å²) in [6.07, 6.45) is 3.55. The van der Waals surface area contributed by atoms with Crippen molar-refractivity contribution >= 4 is 51.6 Å². The minimum atomic E-state index is -1.26. The summed E-state index contributed by atoms with van der Waals surface area (Å²) in [7, 11) is 0. The van der Waals surface area contributed by atoms with Crippen LogP contribution in [0, 0.1) is 11.7 Å². The minimum absolute atomic E-state index is 0.257. The van der Waals surface area contributed by atoms with Crippen LogP contribution in [0.4, 0.5) is 10.1 Å². The first kappa shape index (κ1) is 27.1. The van der Waals surface area contributed by atoms with Gasteiger partial charge in [-0.15, -0.1) is 0 Å². The van der Waals surface area contributed by atoms with Gasteiger partial charge in [0, 0.05) is 40.5 Å². The number of carbonyl (C=O) groups is 2. The number of carbonyl (C=O) groups excluding carboxylic acids is 2. The highest BCUT2D eigenvalue weighted by atomic mass is 35.5. The van der Waals surface area contributed by atoms with E-state index in [1.165, 1.54) is 6.20 Å². The molecule has 3 N–H and O–H groups in total. The van der Waals surface area contributed by atoms with Crippen LogP contribution in [0.25, 0.3) is 10.9 Å². The standard InChI is InChI=1S/C30H27Cl2FN6O3/c1-30(29(41)36-18-4-2-3-17(31)12-18)23(20-9-10-35-26(32)24(20)33)25-22(38(30)13-15-5-6-15)14-42-28-19-8-7-16(27(34)40)11-21(19)37-39(25)28/h2-4,7-12,15,22-23,25H,5-6,13-14H2,1H3,(H2,34,40)(H,36,41)/t22-,23-,25+,30+/m0/s1. The predicted octanol–water partition coefficient (Wildman–Crippen LogP) is 5.19. The van der Waals surface area contributed by atoms with Crippen LogP contribution in [-0.2, 0) is 4.79 Å². The summed E-state index contributed by atoms with van der Waals surface area (Å²) in [5, 5.41) is 8.80. The lowest BCUT2D eigenvalue weighted by molar-refractivity contribution is -0.127. The van der Waals surface area contributed by atoms with Gasteiger partial charge in [0.2, 0.25) is 17.7 Å². The second-order valence-corrected chi connectivity index (χ2v) is 12.2. The van der Waals surface area contributed by atoms with E-state index in [0.29, 0.717) is 45.5 Å². The third-order valence-electron chi connectivity index (χ3n) is 8.85. The first-order valence-electron chi connectivity index (χ1n) is 13.8. The van der Waals surface area contributed by atoms with E-state index in [2.05, 4.69) is 15.2 Å². The number of ether oxygens (including phenoxy) is 1. The van der Waals surface area contributed by atoms with Crippen molar-refractivity contribution in [2.24, 2.45) is 11.7 Å². The molecule has 0 spiro atoms. The minimum Gasteiger partial charge on any atom is -0.476 e. The van der Waals surface area contributed by atoms with Crippen molar-refractivity contribution in [3.05, 3.63) is 81.8 Å². The lowest BCUT2D eigenvalue weighted by Crippen LogP contribution is -2.57. The van der Waals surface area contributed by atoms with Gasteiger partial charge in [-0.25, -0.2) is 14.1 Å². The molecule has 1 saturated heterocycles. The van der Waals surface area contributed by atoms with Crippen molar-refractivity contribution in [1.82, 2.24) is 19.7 Å². The van der Waals surface area contributed by atoms with Gasteiger partial charge in [0.25, 0.3) is 0 Å². The molecule has 2 aromatic heterocycles. The molecule has 2 fully saturated rings. The predicted molar refractivity (Wildman–Crippen MR) is 156 cm³/mol. The number of hydrogen-bond acceptors (Lipinski definition) is 6. The molecule has 4 heterocycles. The van der Waals surface area contributed by atoms with Gasteiger partial charge >= 0.3 is 0 Å². The Labute approximate surface area is 250 Å². The number of rotatable bonds is 6. The van der Waals surface area contributed by atoms with Crippen molar-refractivity contribution in [2.45, 2.75) is 43.3 Å². The van der Waals surface area contributed by atoms with E-state index in [1.807, 2.05) is 6.92 Å². The van der Waals surface area contributed by atoms with Crippen LogP contribution in [0.2, 0.25) is 10.2 Å². The second kappa shape index (κ2) is 9.93. The summed E-state index contributed by atoms with van der Waals surface area (Å²) < 4.78 is 24.0. The average Bonchev–Trinajstić information content (AvgIpc) is 3.65. The summed E-state index contributed by atoms with van der Waals surface area (Å²) in [6, 6.07) is 12.6. The quantitative estimate of drug-likeness (QED) is 0.291. The molecule has 7 rings (SSSR count). The maximum absolute atomic E-state index is 15.9. The number of nitrogens with zero attached hydrogens (tertiary/aromatic N) is 4. The number of nitrogens with two attached hydrogens (primary N) is 1. The highest BCUT2D eigenvalue weighted by Crippen LogP contribution is 2.56. The number of halogens is 3. The van der Waals surface area contributed by atoms with Crippen molar-refractivity contribution < 1.29 is 18.7 Å². The van der Waals surface area contributed by atoms with E-state index >= 15 is 4.39 Å². The SMILES string of the molecule is C[C@]1(C(=O)Nc2cccc(Cl)c2)[C@@H](c2ccnc(Cl)c2F)[C@H]2[C@H](COc3c4ccc(C(N)=O)cc4nn32)N1CC1CC1. The number of primary amides is 1. The molecule has 3 aliphatic rings. The number of benzene rings is 2. The third kappa shape index (κ3) is 4.23. The van der Waals surface area contributed by atoms with E-state index in [-0.39, 0.29) is 29.3 Å². The molecular weight excluding hydrogens is 582 g/mol. The summed E-state index contributed by atoms with van der Waals surface area (Å²) in [5.41, 5.74) is 5.89. The molecule has 4 aromatic rings. The fourth-order valence-corrected chi connectivity index (χ4v) is 7.01. The molecule has 2 aliphatic heterocycles. The number of anilines is 1. The van der Waals surface area contributed by atoms with Gasteiger partial charge in [0.05, 0.1) is 23.0 Å². The monoisotopic (exact) mass is 608 g/mol. The fourth-order valence-electron chi connectivity index (χ4n) is 6.66. The number of pyridine rings is 1. The lowest BCUT2D eigenvalue weighted by atomic mass is 9.77. The van der Waals surface area contributed by atoms with E-state index in [9.17, 15) is 9.59 Å². The van der Waals surface area contributed by atoms with Gasteiger partial charge in [-0.05, 0) is 68.1 Å². The van der Waals surface area contributed by atoms with Crippen LogP contribution in [0.3, 0.4) is 0 Å². The number of likely N-dealkylation sites (tertiary alicyclic amines) is 1. The zero-order chi connectivity index (χ0) is 29.3. The van der Waals surface area contributed by atoms with E-state index in [0.717, 1.165) is 12.8 Å². The first-order valence-corrected chi connectivity index (χ1v) is 14.5. The normalized spacial score (nSPS) is 25.1. The zero-order valence-electron chi connectivity index (χ0n) is 22.6. The molecule has 1 saturated carbocycles. The molecular formula is C30H27Cl2FN6O3. The Balaban J connectivity index is 1.43. The van der Waals surface area contributed by atoms with Crippen LogP contribution in [-0.4, -0.2) is 56.2 Å². The molecule has 12 heteroatoms. The maximum Gasteiger partial charge on any atom is 0.248 e. The van der Waals surface area contributed by atoms with Crippen LogP contribution in [0.15, 0.2) is 54.7 Å². The van der Waals surface area contributed by atoms with Crippen molar-refractivity contribution in [3.63, 3.8) is 0 Å². The lowest BCUT2D eigenvalue weighted by Gasteiger charge is -2.39. The fraction of sp³-hybridized carbons (Fsp3) is 0.333. The van der Waals surface area contributed by atoms with Crippen LogP contribution in [0.5, 0.6) is 5.88 Å². The summed E-state index contributed by atoms with van der Waals surface area (Å²) in [4.78, 5) is 32.5. The van der Waals surface area contributed by atoms with Gasteiger partial charge in [-0.1, -0.05) is 29.3 Å². The topological polar surface area (TPSA) is 115 Å². The zero-order valence-corrected chi connectivity index (χ0v) is 24.1. The Bertz CT molecular complexity index is 1760. The Morgan fingerprint density at radius 2 is 2.00 bits per heavy atom. The first-order chi connectivity index (χ1) is 20.2. The smallest absolute Gasteiger partial charge is 0.248 e. The number of nitrogens with one attached hydrogen (secondary N) is 1. The third-order valence-corrected chi connectivity index (χ3v) is 9.35. The second-order valence-electron chi connectivity index (χ2n) is 11.4. The average molecular weight is 609 g/mol. The highest BCUT2D eigenvalue weighted by molar-refractivity contribution is 6.31. The van der Waals surface area contributed by atoms with E-state index in [1.54, 1.807) is 53.2 Å². The Hall–Kier alpha value is -3.73. The molecule has 4 atom stereocenters. The number of aromatic nitrogens is 3. The molecule has 0 unspecified atom stereocenters. The molecule has 2 aromatic carbocycles. The Morgan fingerprint density at radius 1 is 1.19 bits per heavy atom. The van der Waals surface area contributed by atoms with Crippen LogP contribution in [0.1, 0.15) is 47.6 Å². The van der Waals surface area contributed by atoms with Crippen molar-refractivity contribution in [2.75, 3.05) is 18.5 Å². The number of hydrogen-bond donors (Lipinski definition) is 2. The maximum atomic E-state index is 15.9. The number of fused-ring (bicyclic) bond motifs is 5. The summed E-state index contributed by atoms with van der Waals surface area (Å²) in [5.74, 6) is -1.42. The molecule has 2 amide bonds. The van der Waals surface area contributed by atoms with Gasteiger partial charge in [-0.3, -0.25) is 14.5 Å². The summed E-state index contributed by atoms with van der Waals surface area (Å²) in [6.45, 7) is 2.73. The Kier molecular flexibility index (Phi) is 6.41. The molecule has 9 nitrogen and oxygen atoms in total. The number of amides is 2. The van der Waals surface area contributed by atoms with Gasteiger partial charge in [0.15, 0.2) is 11.0 Å². The molecule has 0 bridgehead atoms. The highest BCUT2D eigenvalue weighted by Gasteiger charge is 2.64. The largest absolute Gasteiger partial charge is 0.476 e. The molecule has 0 radical (unpaired) electrons. The van der Waals surface area contributed by atoms with Gasteiger partial charge in [-0.2, -0.15) is 5.10 Å². The van der Waals surface area contributed by atoms with Crippen LogP contribution >= 0.6 is 23.2 Å². The van der Waals surface area contributed by atoms with E-state index in [4.69, 9.17) is 38.8 Å². The van der Waals surface area contributed by atoms with E-state index < -0.39 is 29.2 Å². The van der Waals surface area contributed by atoms with Crippen molar-refractivity contribution in [1.29, 1.82) is 0 Å². The molecule has 1 aliphatic carbocycles. The van der Waals surface area contributed by atoms with Crippen molar-refractivity contribution in [3.8, 4) is 5.88 Å². The molecule has 42 heavy (non-hydrogen) atoms. The Morgan fingerprint density at radius 3 is 2.74 bits per heavy atom. The van der Waals surface area contributed by atoms with Crippen LogP contribution < -0.4 is 15.8 Å².